The Morgan fingerprint density at radius 2 is 1.83 bits per heavy atom. The zero-order valence-corrected chi connectivity index (χ0v) is 13.5. The number of alkyl halides is 3. The maximum Gasteiger partial charge on any atom is 0.416 e. The van der Waals surface area contributed by atoms with Gasteiger partial charge in [-0.3, -0.25) is 0 Å². The highest BCUT2D eigenvalue weighted by Gasteiger charge is 2.35. The van der Waals surface area contributed by atoms with E-state index in [2.05, 4.69) is 0 Å². The Balaban J connectivity index is 2.27. The van der Waals surface area contributed by atoms with Crippen molar-refractivity contribution in [2.24, 2.45) is 0 Å². The highest BCUT2D eigenvalue weighted by Crippen LogP contribution is 2.47. The fourth-order valence-electron chi connectivity index (χ4n) is 3.00. The first-order valence-corrected chi connectivity index (χ1v) is 7.47. The van der Waals surface area contributed by atoms with Crippen molar-refractivity contribution in [3.05, 3.63) is 41.5 Å². The molecule has 1 unspecified atom stereocenters. The van der Waals surface area contributed by atoms with Gasteiger partial charge in [-0.1, -0.05) is 12.1 Å². The molecule has 1 heterocycles. The molecule has 1 aliphatic rings. The van der Waals surface area contributed by atoms with Gasteiger partial charge in [-0.25, -0.2) is 0 Å². The molecule has 2 aromatic rings. The summed E-state index contributed by atoms with van der Waals surface area (Å²) in [5.41, 5.74) is 0.726. The van der Waals surface area contributed by atoms with E-state index in [1.54, 1.807) is 18.2 Å². The van der Waals surface area contributed by atoms with Crippen LogP contribution in [0.15, 0.2) is 30.3 Å². The van der Waals surface area contributed by atoms with Crippen molar-refractivity contribution in [3.63, 3.8) is 0 Å². The summed E-state index contributed by atoms with van der Waals surface area (Å²) in [6.45, 7) is 1.83. The van der Waals surface area contributed by atoms with E-state index in [-0.39, 0.29) is 6.10 Å². The largest absolute Gasteiger partial charge is 0.493 e. The fraction of sp³-hybridized carbons (Fsp3) is 0.333. The van der Waals surface area contributed by atoms with Gasteiger partial charge in [0.25, 0.3) is 0 Å². The quantitative estimate of drug-likeness (QED) is 0.811. The Kier molecular flexibility index (Phi) is 4.07. The molecule has 2 aromatic carbocycles. The predicted molar refractivity (Wildman–Crippen MR) is 83.8 cm³/mol. The monoisotopic (exact) mass is 338 g/mol. The van der Waals surface area contributed by atoms with Gasteiger partial charge in [0, 0.05) is 17.5 Å². The molecule has 3 nitrogen and oxygen atoms in total. The molecule has 6 heteroatoms. The molecule has 0 saturated heterocycles. The van der Waals surface area contributed by atoms with Crippen LogP contribution in [0, 0.1) is 0 Å². The summed E-state index contributed by atoms with van der Waals surface area (Å²) in [7, 11) is 2.94. The molecule has 24 heavy (non-hydrogen) atoms. The molecule has 0 saturated carbocycles. The number of fused-ring (bicyclic) bond motifs is 1. The molecule has 1 aliphatic heterocycles. The third-order valence-electron chi connectivity index (χ3n) is 4.01. The van der Waals surface area contributed by atoms with Gasteiger partial charge in [-0.05, 0) is 30.7 Å². The smallest absolute Gasteiger partial charge is 0.416 e. The van der Waals surface area contributed by atoms with Crippen LogP contribution in [0.4, 0.5) is 13.2 Å². The Morgan fingerprint density at radius 3 is 2.46 bits per heavy atom. The normalized spacial score (nSPS) is 16.5. The number of para-hydroxylation sites is 1. The number of methoxy groups -OCH3 is 2. The van der Waals surface area contributed by atoms with Crippen LogP contribution in [0.2, 0.25) is 0 Å². The lowest BCUT2D eigenvalue weighted by Gasteiger charge is -2.17. The van der Waals surface area contributed by atoms with Crippen LogP contribution < -0.4 is 14.2 Å². The molecule has 0 fully saturated rings. The van der Waals surface area contributed by atoms with Gasteiger partial charge in [0.2, 0.25) is 0 Å². The van der Waals surface area contributed by atoms with Crippen LogP contribution in [0.1, 0.15) is 18.1 Å². The molecule has 0 bridgehead atoms. The van der Waals surface area contributed by atoms with Crippen LogP contribution in [0.25, 0.3) is 11.1 Å². The highest BCUT2D eigenvalue weighted by atomic mass is 19.4. The van der Waals surface area contributed by atoms with Crippen molar-refractivity contribution in [2.75, 3.05) is 14.2 Å². The van der Waals surface area contributed by atoms with E-state index in [4.69, 9.17) is 14.2 Å². The van der Waals surface area contributed by atoms with Gasteiger partial charge in [-0.2, -0.15) is 13.2 Å². The van der Waals surface area contributed by atoms with Gasteiger partial charge in [0.15, 0.2) is 11.5 Å². The SMILES string of the molecule is COc1cccc(-c2cc(C(F)(F)F)cc3c2OC(C)C3)c1OC. The van der Waals surface area contributed by atoms with Crippen molar-refractivity contribution in [1.82, 2.24) is 0 Å². The number of ether oxygens (including phenoxy) is 3. The Hall–Kier alpha value is -2.37. The zero-order chi connectivity index (χ0) is 17.5. The van der Waals surface area contributed by atoms with Crippen molar-refractivity contribution in [2.45, 2.75) is 25.6 Å². The van der Waals surface area contributed by atoms with Gasteiger partial charge in [0.1, 0.15) is 11.9 Å². The van der Waals surface area contributed by atoms with Gasteiger partial charge >= 0.3 is 6.18 Å². The number of hydrogen-bond donors (Lipinski definition) is 0. The average molecular weight is 338 g/mol. The molecular formula is C18H17F3O3. The zero-order valence-electron chi connectivity index (χ0n) is 13.5. The molecule has 1 atom stereocenters. The van der Waals surface area contributed by atoms with Crippen molar-refractivity contribution >= 4 is 0 Å². The van der Waals surface area contributed by atoms with E-state index in [1.807, 2.05) is 6.92 Å². The molecule has 0 aromatic heterocycles. The minimum Gasteiger partial charge on any atom is -0.493 e. The summed E-state index contributed by atoms with van der Waals surface area (Å²) in [6, 6.07) is 7.37. The molecule has 128 valence electrons. The van der Waals surface area contributed by atoms with E-state index in [1.165, 1.54) is 14.2 Å². The summed E-state index contributed by atoms with van der Waals surface area (Å²) in [5, 5.41) is 0. The van der Waals surface area contributed by atoms with Crippen LogP contribution >= 0.6 is 0 Å². The van der Waals surface area contributed by atoms with Crippen LogP contribution in [-0.4, -0.2) is 20.3 Å². The third-order valence-corrected chi connectivity index (χ3v) is 4.01. The first-order chi connectivity index (χ1) is 11.3. The highest BCUT2D eigenvalue weighted by molar-refractivity contribution is 5.80. The standard InChI is InChI=1S/C18H17F3O3/c1-10-7-11-8-12(18(19,20)21)9-14(16(11)24-10)13-5-4-6-15(22-2)17(13)23-3/h4-6,8-10H,7H2,1-3H3. The number of hydrogen-bond acceptors (Lipinski definition) is 3. The summed E-state index contributed by atoms with van der Waals surface area (Å²) >= 11 is 0. The van der Waals surface area contributed by atoms with Gasteiger partial charge in [0.05, 0.1) is 19.8 Å². The summed E-state index contributed by atoms with van der Waals surface area (Å²) in [5.74, 6) is 1.30. The maximum absolute atomic E-state index is 13.3. The number of rotatable bonds is 3. The molecule has 0 N–H and O–H groups in total. The fourth-order valence-corrected chi connectivity index (χ4v) is 3.00. The number of benzene rings is 2. The predicted octanol–water partition coefficient (Wildman–Crippen LogP) is 4.71. The van der Waals surface area contributed by atoms with E-state index >= 15 is 0 Å². The van der Waals surface area contributed by atoms with Gasteiger partial charge in [-0.15, -0.1) is 0 Å². The molecule has 0 radical (unpaired) electrons. The van der Waals surface area contributed by atoms with E-state index in [0.29, 0.717) is 40.4 Å². The van der Waals surface area contributed by atoms with Crippen LogP contribution in [0.3, 0.4) is 0 Å². The summed E-state index contributed by atoms with van der Waals surface area (Å²) in [6.07, 6.45) is -4.15. The maximum atomic E-state index is 13.3. The van der Waals surface area contributed by atoms with Gasteiger partial charge < -0.3 is 14.2 Å². The molecule has 0 aliphatic carbocycles. The summed E-state index contributed by atoms with van der Waals surface area (Å²) < 4.78 is 56.2. The lowest BCUT2D eigenvalue weighted by atomic mass is 9.96. The van der Waals surface area contributed by atoms with E-state index in [9.17, 15) is 13.2 Å². The Morgan fingerprint density at radius 1 is 1.08 bits per heavy atom. The second kappa shape index (κ2) is 5.92. The van der Waals surface area contributed by atoms with Crippen LogP contribution in [0.5, 0.6) is 17.2 Å². The van der Waals surface area contributed by atoms with Crippen molar-refractivity contribution in [3.8, 4) is 28.4 Å². The lowest BCUT2D eigenvalue weighted by Crippen LogP contribution is -2.06. The van der Waals surface area contributed by atoms with Crippen molar-refractivity contribution < 1.29 is 27.4 Å². The third kappa shape index (κ3) is 2.77. The first kappa shape index (κ1) is 16.5. The average Bonchev–Trinajstić information content (AvgIpc) is 2.92. The molecule has 3 rings (SSSR count). The topological polar surface area (TPSA) is 27.7 Å². The lowest BCUT2D eigenvalue weighted by molar-refractivity contribution is -0.137. The Bertz CT molecular complexity index is 769. The minimum atomic E-state index is -4.43. The molecule has 0 spiro atoms. The molecular weight excluding hydrogens is 321 g/mol. The van der Waals surface area contributed by atoms with Crippen LogP contribution in [-0.2, 0) is 12.6 Å². The van der Waals surface area contributed by atoms with E-state index in [0.717, 1.165) is 12.1 Å². The second-order valence-corrected chi connectivity index (χ2v) is 5.68. The van der Waals surface area contributed by atoms with E-state index < -0.39 is 11.7 Å². The van der Waals surface area contributed by atoms with Crippen molar-refractivity contribution in [1.29, 1.82) is 0 Å². The first-order valence-electron chi connectivity index (χ1n) is 7.47. The molecule has 0 amide bonds. The number of halogens is 3. The second-order valence-electron chi connectivity index (χ2n) is 5.68. The summed E-state index contributed by atoms with van der Waals surface area (Å²) in [4.78, 5) is 0. The Labute approximate surface area is 138 Å². The minimum absolute atomic E-state index is 0.168.